The van der Waals surface area contributed by atoms with E-state index in [1.165, 1.54) is 17.8 Å². The zero-order valence-corrected chi connectivity index (χ0v) is 14.4. The third-order valence-corrected chi connectivity index (χ3v) is 4.74. The van der Waals surface area contributed by atoms with Crippen LogP contribution in [0.1, 0.15) is 5.56 Å². The Morgan fingerprint density at radius 2 is 2.13 bits per heavy atom. The average Bonchev–Trinajstić information content (AvgIpc) is 2.51. The highest BCUT2D eigenvalue weighted by atomic mass is 35.5. The van der Waals surface area contributed by atoms with E-state index in [1.807, 2.05) is 0 Å². The highest BCUT2D eigenvalue weighted by Crippen LogP contribution is 2.23. The number of halogens is 2. The Balaban J connectivity index is 0.00000264. The predicted molar refractivity (Wildman–Crippen MR) is 92.5 cm³/mol. The Hall–Kier alpha value is -1.31. The monoisotopic (exact) mass is 361 g/mol. The molecule has 8 heteroatoms. The molecular weight excluding hydrogens is 341 g/mol. The minimum Gasteiger partial charge on any atom is -0.353 e. The number of nitrogens with one attached hydrogen (secondary N) is 3. The molecule has 1 saturated heterocycles. The van der Waals surface area contributed by atoms with E-state index in [-0.39, 0.29) is 35.3 Å². The number of thioether (sulfide) groups is 1. The smallest absolute Gasteiger partial charge is 0.243 e. The second kappa shape index (κ2) is 9.75. The molecule has 1 aromatic rings. The van der Waals surface area contributed by atoms with Crippen molar-refractivity contribution in [3.8, 4) is 0 Å². The molecule has 3 N–H and O–H groups in total. The van der Waals surface area contributed by atoms with Crippen LogP contribution in [0.5, 0.6) is 0 Å². The summed E-state index contributed by atoms with van der Waals surface area (Å²) in [5.41, 5.74) is 0.520. The third kappa shape index (κ3) is 5.67. The maximum atomic E-state index is 13.6. The minimum atomic E-state index is -0.522. The molecule has 1 fully saturated rings. The number of hydrogen-bond acceptors (Lipinski definition) is 4. The molecule has 2 amide bonds. The molecule has 1 aliphatic rings. The summed E-state index contributed by atoms with van der Waals surface area (Å²) in [5, 5.41) is 8.05. The van der Waals surface area contributed by atoms with E-state index < -0.39 is 6.04 Å². The van der Waals surface area contributed by atoms with Gasteiger partial charge in [-0.05, 0) is 25.1 Å². The Labute approximate surface area is 145 Å². The lowest BCUT2D eigenvalue weighted by atomic mass is 10.1. The lowest BCUT2D eigenvalue weighted by Gasteiger charge is -2.28. The maximum absolute atomic E-state index is 13.6. The van der Waals surface area contributed by atoms with Gasteiger partial charge in [0.1, 0.15) is 11.9 Å². The van der Waals surface area contributed by atoms with Crippen LogP contribution in [0.15, 0.2) is 24.3 Å². The molecule has 1 aromatic carbocycles. The van der Waals surface area contributed by atoms with Crippen molar-refractivity contribution in [2.45, 2.75) is 17.7 Å². The van der Waals surface area contributed by atoms with Crippen LogP contribution in [0.3, 0.4) is 0 Å². The summed E-state index contributed by atoms with van der Waals surface area (Å²) in [6.45, 7) is 1.19. The zero-order chi connectivity index (χ0) is 15.9. The topological polar surface area (TPSA) is 70.2 Å². The van der Waals surface area contributed by atoms with E-state index in [1.54, 1.807) is 25.2 Å². The van der Waals surface area contributed by atoms with E-state index >= 15 is 0 Å². The summed E-state index contributed by atoms with van der Waals surface area (Å²) in [7, 11) is 1.80. The molecule has 0 spiro atoms. The van der Waals surface area contributed by atoms with Crippen molar-refractivity contribution in [1.82, 2.24) is 16.0 Å². The molecule has 0 radical (unpaired) electrons. The first kappa shape index (κ1) is 19.7. The molecule has 5 nitrogen and oxygen atoms in total. The Morgan fingerprint density at radius 3 is 2.78 bits per heavy atom. The first-order chi connectivity index (χ1) is 10.6. The Morgan fingerprint density at radius 1 is 1.39 bits per heavy atom. The number of hydrogen-bond donors (Lipinski definition) is 3. The number of amides is 2. The van der Waals surface area contributed by atoms with Crippen LogP contribution in [0, 0.1) is 5.82 Å². The number of likely N-dealkylation sites (N-methyl/N-ethyl adjacent to an activating group) is 1. The molecule has 2 atom stereocenters. The van der Waals surface area contributed by atoms with Crippen LogP contribution in [-0.4, -0.2) is 49.0 Å². The summed E-state index contributed by atoms with van der Waals surface area (Å²) in [5.74, 6) is -0.201. The SMILES string of the molecule is CNCCNC(=O)C1CSC(Cc2ccccc2F)C(=O)N1.Cl. The van der Waals surface area contributed by atoms with Crippen LogP contribution in [0.25, 0.3) is 0 Å². The third-order valence-electron chi connectivity index (χ3n) is 3.43. The van der Waals surface area contributed by atoms with Gasteiger partial charge in [-0.3, -0.25) is 9.59 Å². The second-order valence-electron chi connectivity index (χ2n) is 5.07. The lowest BCUT2D eigenvalue weighted by molar-refractivity contribution is -0.128. The largest absolute Gasteiger partial charge is 0.353 e. The van der Waals surface area contributed by atoms with Crippen LogP contribution >= 0.6 is 24.2 Å². The highest BCUT2D eigenvalue weighted by molar-refractivity contribution is 8.00. The summed E-state index contributed by atoms with van der Waals surface area (Å²) in [6.07, 6.45) is 0.331. The molecule has 0 saturated carbocycles. The van der Waals surface area contributed by atoms with Crippen molar-refractivity contribution < 1.29 is 14.0 Å². The molecule has 1 aliphatic heterocycles. The molecule has 1 heterocycles. The lowest BCUT2D eigenvalue weighted by Crippen LogP contribution is -2.55. The molecule has 0 aromatic heterocycles. The average molecular weight is 362 g/mol. The highest BCUT2D eigenvalue weighted by Gasteiger charge is 2.32. The van der Waals surface area contributed by atoms with E-state index in [9.17, 15) is 14.0 Å². The Kier molecular flexibility index (Phi) is 8.36. The van der Waals surface area contributed by atoms with Gasteiger partial charge in [0.25, 0.3) is 0 Å². The van der Waals surface area contributed by atoms with Gasteiger partial charge in [-0.1, -0.05) is 18.2 Å². The fraction of sp³-hybridized carbons (Fsp3) is 0.467. The zero-order valence-electron chi connectivity index (χ0n) is 12.8. The van der Waals surface area contributed by atoms with E-state index in [0.717, 1.165) is 0 Å². The van der Waals surface area contributed by atoms with Crippen molar-refractivity contribution in [2.24, 2.45) is 0 Å². The molecule has 23 heavy (non-hydrogen) atoms. The van der Waals surface area contributed by atoms with Crippen molar-refractivity contribution in [1.29, 1.82) is 0 Å². The Bertz CT molecular complexity index is 547. The fourth-order valence-corrected chi connectivity index (χ4v) is 3.36. The molecule has 128 valence electrons. The normalized spacial score (nSPS) is 20.3. The molecule has 2 unspecified atom stereocenters. The first-order valence-electron chi connectivity index (χ1n) is 7.19. The number of carbonyl (C=O) groups excluding carboxylic acids is 2. The molecule has 0 bridgehead atoms. The van der Waals surface area contributed by atoms with Crippen LogP contribution in [-0.2, 0) is 16.0 Å². The quantitative estimate of drug-likeness (QED) is 0.653. The second-order valence-corrected chi connectivity index (χ2v) is 6.31. The first-order valence-corrected chi connectivity index (χ1v) is 8.24. The van der Waals surface area contributed by atoms with Crippen molar-refractivity contribution in [3.63, 3.8) is 0 Å². The predicted octanol–water partition coefficient (Wildman–Crippen LogP) is 0.726. The fourth-order valence-electron chi connectivity index (χ4n) is 2.18. The molecular formula is C15H21ClFN3O2S. The van der Waals surface area contributed by atoms with Gasteiger partial charge in [-0.15, -0.1) is 24.2 Å². The van der Waals surface area contributed by atoms with Crippen molar-refractivity contribution in [2.75, 3.05) is 25.9 Å². The summed E-state index contributed by atoms with van der Waals surface area (Å²) in [6, 6.07) is 5.92. The maximum Gasteiger partial charge on any atom is 0.243 e. The summed E-state index contributed by atoms with van der Waals surface area (Å²) in [4.78, 5) is 24.0. The van der Waals surface area contributed by atoms with Gasteiger partial charge in [0, 0.05) is 18.8 Å². The molecule has 0 aliphatic carbocycles. The number of rotatable bonds is 6. The van der Waals surface area contributed by atoms with Crippen LogP contribution in [0.2, 0.25) is 0 Å². The van der Waals surface area contributed by atoms with E-state index in [2.05, 4.69) is 16.0 Å². The summed E-state index contributed by atoms with van der Waals surface area (Å²) < 4.78 is 13.6. The van der Waals surface area contributed by atoms with Gasteiger partial charge in [0.2, 0.25) is 11.8 Å². The van der Waals surface area contributed by atoms with Gasteiger partial charge in [0.05, 0.1) is 5.25 Å². The van der Waals surface area contributed by atoms with E-state index in [4.69, 9.17) is 0 Å². The van der Waals surface area contributed by atoms with Gasteiger partial charge < -0.3 is 16.0 Å². The minimum absolute atomic E-state index is 0. The summed E-state index contributed by atoms with van der Waals surface area (Å²) >= 11 is 1.40. The van der Waals surface area contributed by atoms with Gasteiger partial charge in [-0.2, -0.15) is 0 Å². The van der Waals surface area contributed by atoms with Crippen LogP contribution < -0.4 is 16.0 Å². The standard InChI is InChI=1S/C15H20FN3O2S.ClH/c1-17-6-7-18-14(20)12-9-22-13(15(21)19-12)8-10-4-2-3-5-11(10)16;/h2-5,12-13,17H,6-9H2,1H3,(H,18,20)(H,19,21);1H. The van der Waals surface area contributed by atoms with Crippen LogP contribution in [0.4, 0.5) is 4.39 Å². The van der Waals surface area contributed by atoms with Gasteiger partial charge >= 0.3 is 0 Å². The molecule has 2 rings (SSSR count). The van der Waals surface area contributed by atoms with E-state index in [0.29, 0.717) is 30.8 Å². The van der Waals surface area contributed by atoms with Crippen molar-refractivity contribution in [3.05, 3.63) is 35.6 Å². The van der Waals surface area contributed by atoms with Gasteiger partial charge in [0.15, 0.2) is 0 Å². The van der Waals surface area contributed by atoms with Gasteiger partial charge in [-0.25, -0.2) is 4.39 Å². The number of carbonyl (C=O) groups is 2. The number of benzene rings is 1. The van der Waals surface area contributed by atoms with Crippen molar-refractivity contribution >= 4 is 36.0 Å².